The van der Waals surface area contributed by atoms with Crippen molar-refractivity contribution in [1.29, 1.82) is 0 Å². The van der Waals surface area contributed by atoms with Gasteiger partial charge in [-0.15, -0.1) is 0 Å². The predicted octanol–water partition coefficient (Wildman–Crippen LogP) is 20.8. The molecule has 75 heavy (non-hydrogen) atoms. The largest absolute Gasteiger partial charge is 0.462 e. The molecule has 0 N–H and O–H groups in total. The predicted molar refractivity (Wildman–Crippen MR) is 325 cm³/mol. The second kappa shape index (κ2) is 61.8. The zero-order valence-corrected chi connectivity index (χ0v) is 48.3. The minimum absolute atomic E-state index is 0.104. The van der Waals surface area contributed by atoms with Gasteiger partial charge in [-0.3, -0.25) is 14.4 Å². The van der Waals surface area contributed by atoms with E-state index in [1.807, 2.05) is 0 Å². The number of allylic oxidation sites excluding steroid dienone is 24. The van der Waals surface area contributed by atoms with Crippen molar-refractivity contribution in [3.63, 3.8) is 0 Å². The van der Waals surface area contributed by atoms with Crippen molar-refractivity contribution in [2.75, 3.05) is 13.2 Å². The van der Waals surface area contributed by atoms with E-state index in [1.54, 1.807) is 0 Å². The third-order valence-corrected chi connectivity index (χ3v) is 12.3. The van der Waals surface area contributed by atoms with Gasteiger partial charge in [0.2, 0.25) is 0 Å². The van der Waals surface area contributed by atoms with Gasteiger partial charge in [0.05, 0.1) is 0 Å². The third-order valence-electron chi connectivity index (χ3n) is 12.3. The molecule has 0 aromatic carbocycles. The Hall–Kier alpha value is -4.71. The molecule has 0 aliphatic heterocycles. The van der Waals surface area contributed by atoms with E-state index < -0.39 is 6.10 Å². The van der Waals surface area contributed by atoms with Gasteiger partial charge in [0.15, 0.2) is 6.10 Å². The van der Waals surface area contributed by atoms with Crippen molar-refractivity contribution in [1.82, 2.24) is 0 Å². The summed E-state index contributed by atoms with van der Waals surface area (Å²) in [6.45, 7) is 6.34. The Morgan fingerprint density at radius 1 is 0.280 bits per heavy atom. The van der Waals surface area contributed by atoms with Crippen molar-refractivity contribution >= 4 is 17.9 Å². The summed E-state index contributed by atoms with van der Waals surface area (Å²) in [7, 11) is 0. The normalized spacial score (nSPS) is 13.2. The number of hydrogen-bond acceptors (Lipinski definition) is 6. The molecule has 0 saturated heterocycles. The number of rotatable bonds is 53. The standard InChI is InChI=1S/C69H110O6/c1-4-7-10-13-16-19-22-25-28-29-30-31-32-33-34-35-36-37-38-39-42-44-47-50-53-56-59-62-68(71)74-65-66(75-69(72)63-60-57-54-51-48-45-41-27-24-21-18-15-12-9-6-3)64-73-67(70)61-58-55-52-49-46-43-40-26-23-20-17-14-11-8-5-2/h7,9-10,12,16-21,25-28,30-31,33-34,36-37,39-42,66H,4-6,8,11,13-15,22-24,29,32,35,38,43-65H2,1-3H3/b10-7-,12-9-,19-16-,20-17-,21-18-,28-25-,31-30-,34-33-,37-36-,40-26-,41-27-,42-39-. The SMILES string of the molecule is CC/C=C\C/C=C\C/C=C\C/C=C\C/C=C\C/C=C\C/C=C\CCCCCCCC(=O)OCC(COC(=O)CCCCCCC/C=C\C/C=C\CCCCC)OC(=O)CCCCCCC/C=C\C/C=C\C/C=C\CC. The highest BCUT2D eigenvalue weighted by atomic mass is 16.6. The van der Waals surface area contributed by atoms with Crippen LogP contribution in [0.1, 0.15) is 252 Å². The molecule has 0 aliphatic carbocycles. The Balaban J connectivity index is 4.43. The number of esters is 3. The number of hydrogen-bond donors (Lipinski definition) is 0. The summed E-state index contributed by atoms with van der Waals surface area (Å²) in [6.07, 6.45) is 88.4. The molecule has 1 unspecified atom stereocenters. The molecule has 0 saturated carbocycles. The lowest BCUT2D eigenvalue weighted by Gasteiger charge is -2.18. The van der Waals surface area contributed by atoms with Gasteiger partial charge in [-0.25, -0.2) is 0 Å². The zero-order chi connectivity index (χ0) is 54.3. The first kappa shape index (κ1) is 70.3. The van der Waals surface area contributed by atoms with Crippen LogP contribution in [0.25, 0.3) is 0 Å². The summed E-state index contributed by atoms with van der Waals surface area (Å²) in [6, 6.07) is 0. The quantitative estimate of drug-likeness (QED) is 0.0261. The van der Waals surface area contributed by atoms with Crippen molar-refractivity contribution in [3.05, 3.63) is 146 Å². The maximum atomic E-state index is 12.9. The van der Waals surface area contributed by atoms with Gasteiger partial charge in [-0.1, -0.05) is 237 Å². The fourth-order valence-electron chi connectivity index (χ4n) is 7.82. The molecule has 0 heterocycles. The Bertz CT molecular complexity index is 1660. The van der Waals surface area contributed by atoms with E-state index in [9.17, 15) is 14.4 Å². The van der Waals surface area contributed by atoms with E-state index in [4.69, 9.17) is 14.2 Å². The lowest BCUT2D eigenvalue weighted by Crippen LogP contribution is -2.30. The van der Waals surface area contributed by atoms with Gasteiger partial charge >= 0.3 is 17.9 Å². The van der Waals surface area contributed by atoms with E-state index in [2.05, 4.69) is 167 Å². The lowest BCUT2D eigenvalue weighted by atomic mass is 10.1. The maximum absolute atomic E-state index is 12.9. The summed E-state index contributed by atoms with van der Waals surface area (Å²) in [5, 5.41) is 0. The molecule has 6 heteroatoms. The maximum Gasteiger partial charge on any atom is 0.306 e. The lowest BCUT2D eigenvalue weighted by molar-refractivity contribution is -0.167. The van der Waals surface area contributed by atoms with E-state index in [-0.39, 0.29) is 31.1 Å². The highest BCUT2D eigenvalue weighted by molar-refractivity contribution is 5.71. The second-order valence-corrected chi connectivity index (χ2v) is 19.5. The molecule has 0 amide bonds. The Labute approximate surface area is 461 Å². The van der Waals surface area contributed by atoms with Crippen LogP contribution in [0.5, 0.6) is 0 Å². The van der Waals surface area contributed by atoms with E-state index in [0.29, 0.717) is 19.3 Å². The third kappa shape index (κ3) is 60.0. The molecule has 0 spiro atoms. The molecule has 0 fully saturated rings. The molecule has 422 valence electrons. The average Bonchev–Trinajstić information content (AvgIpc) is 3.41. The smallest absolute Gasteiger partial charge is 0.306 e. The van der Waals surface area contributed by atoms with Crippen LogP contribution in [0, 0.1) is 0 Å². The van der Waals surface area contributed by atoms with Crippen LogP contribution in [0.2, 0.25) is 0 Å². The monoisotopic (exact) mass is 1030 g/mol. The van der Waals surface area contributed by atoms with Crippen LogP contribution in [0.4, 0.5) is 0 Å². The first-order valence-electron chi connectivity index (χ1n) is 30.3. The molecular weight excluding hydrogens is 925 g/mol. The minimum Gasteiger partial charge on any atom is -0.462 e. The first-order valence-corrected chi connectivity index (χ1v) is 30.3. The van der Waals surface area contributed by atoms with Crippen molar-refractivity contribution in [3.8, 4) is 0 Å². The minimum atomic E-state index is -0.808. The second-order valence-electron chi connectivity index (χ2n) is 19.5. The Morgan fingerprint density at radius 3 is 0.813 bits per heavy atom. The number of unbranched alkanes of at least 4 members (excludes halogenated alkanes) is 18. The van der Waals surface area contributed by atoms with E-state index in [0.717, 1.165) is 186 Å². The topological polar surface area (TPSA) is 78.9 Å². The van der Waals surface area contributed by atoms with Crippen LogP contribution >= 0.6 is 0 Å². The molecular formula is C69H110O6. The summed E-state index contributed by atoms with van der Waals surface area (Å²) >= 11 is 0. The average molecular weight is 1040 g/mol. The Kier molecular flexibility index (Phi) is 58.0. The molecule has 1 atom stereocenters. The Morgan fingerprint density at radius 2 is 0.520 bits per heavy atom. The van der Waals surface area contributed by atoms with Gasteiger partial charge in [0.1, 0.15) is 13.2 Å². The van der Waals surface area contributed by atoms with E-state index in [1.165, 1.54) is 25.7 Å². The zero-order valence-electron chi connectivity index (χ0n) is 48.3. The van der Waals surface area contributed by atoms with Gasteiger partial charge in [0, 0.05) is 19.3 Å². The highest BCUT2D eigenvalue weighted by Crippen LogP contribution is 2.13. The molecule has 0 aromatic heterocycles. The van der Waals surface area contributed by atoms with Crippen LogP contribution in [0.15, 0.2) is 146 Å². The molecule has 0 radical (unpaired) electrons. The molecule has 6 nitrogen and oxygen atoms in total. The van der Waals surface area contributed by atoms with Gasteiger partial charge in [-0.05, 0) is 141 Å². The van der Waals surface area contributed by atoms with Crippen molar-refractivity contribution < 1.29 is 28.6 Å². The molecule has 0 aromatic rings. The number of ether oxygens (including phenoxy) is 3. The first-order chi connectivity index (χ1) is 37.0. The molecule has 0 aliphatic rings. The molecule has 0 bridgehead atoms. The van der Waals surface area contributed by atoms with Crippen LogP contribution < -0.4 is 0 Å². The van der Waals surface area contributed by atoms with Gasteiger partial charge < -0.3 is 14.2 Å². The summed E-state index contributed by atoms with van der Waals surface area (Å²) in [5.74, 6) is -0.957. The van der Waals surface area contributed by atoms with Gasteiger partial charge in [0.25, 0.3) is 0 Å². The van der Waals surface area contributed by atoms with Crippen molar-refractivity contribution in [2.24, 2.45) is 0 Å². The van der Waals surface area contributed by atoms with Crippen LogP contribution in [-0.2, 0) is 28.6 Å². The number of carbonyl (C=O) groups excluding carboxylic acids is 3. The highest BCUT2D eigenvalue weighted by Gasteiger charge is 2.19. The molecule has 0 rings (SSSR count). The summed E-state index contributed by atoms with van der Waals surface area (Å²) < 4.78 is 16.8. The number of carbonyl (C=O) groups is 3. The fraction of sp³-hybridized carbons (Fsp3) is 0.609. The van der Waals surface area contributed by atoms with E-state index >= 15 is 0 Å². The fourth-order valence-corrected chi connectivity index (χ4v) is 7.82. The van der Waals surface area contributed by atoms with Crippen molar-refractivity contribution in [2.45, 2.75) is 258 Å². The summed E-state index contributed by atoms with van der Waals surface area (Å²) in [4.78, 5) is 38.2. The van der Waals surface area contributed by atoms with Gasteiger partial charge in [-0.2, -0.15) is 0 Å². The van der Waals surface area contributed by atoms with Crippen LogP contribution in [-0.4, -0.2) is 37.2 Å². The van der Waals surface area contributed by atoms with Crippen LogP contribution in [0.3, 0.4) is 0 Å². The summed E-state index contributed by atoms with van der Waals surface area (Å²) in [5.41, 5.74) is 0.